The van der Waals surface area contributed by atoms with Crippen molar-refractivity contribution in [3.8, 4) is 0 Å². The van der Waals surface area contributed by atoms with E-state index in [1.165, 1.54) is 4.90 Å². The molecule has 5 heteroatoms. The fraction of sp³-hybridized carbons (Fsp3) is 0.103. The molecule has 0 saturated carbocycles. The first-order valence-corrected chi connectivity index (χ1v) is 11.4. The number of nitrogens with zero attached hydrogens (tertiary/aromatic N) is 1. The maximum Gasteiger partial charge on any atom is 0.282 e. The lowest BCUT2D eigenvalue weighted by atomic mass is 9.97. The van der Waals surface area contributed by atoms with E-state index < -0.39 is 5.91 Å². The molecule has 1 aliphatic rings. The minimum absolute atomic E-state index is 0.246. The summed E-state index contributed by atoms with van der Waals surface area (Å²) in [4.78, 5) is 29.1. The third-order valence-corrected chi connectivity index (χ3v) is 6.44. The SMILES string of the molecule is Cc1ccc(C2=C(Nc3cc(Cl)ccc3C)C(=O)N(c3cccc4ccccc34)C2=O)c(C)c1. The highest BCUT2D eigenvalue weighted by atomic mass is 35.5. The van der Waals surface area contributed by atoms with Crippen LogP contribution in [-0.2, 0) is 9.59 Å². The summed E-state index contributed by atoms with van der Waals surface area (Å²) in [5.74, 6) is -0.744. The van der Waals surface area contributed by atoms with Crippen molar-refractivity contribution in [2.24, 2.45) is 0 Å². The lowest BCUT2D eigenvalue weighted by Gasteiger charge is -2.18. The molecule has 0 atom stereocenters. The van der Waals surface area contributed by atoms with Crippen LogP contribution in [0.25, 0.3) is 16.3 Å². The van der Waals surface area contributed by atoms with E-state index in [2.05, 4.69) is 5.32 Å². The molecule has 4 nitrogen and oxygen atoms in total. The first kappa shape index (κ1) is 21.9. The van der Waals surface area contributed by atoms with E-state index in [-0.39, 0.29) is 11.6 Å². The summed E-state index contributed by atoms with van der Waals surface area (Å²) < 4.78 is 0. The van der Waals surface area contributed by atoms with Crippen molar-refractivity contribution in [1.29, 1.82) is 0 Å². The highest BCUT2D eigenvalue weighted by Crippen LogP contribution is 2.38. The fourth-order valence-corrected chi connectivity index (χ4v) is 4.65. The average Bonchev–Trinajstić information content (AvgIpc) is 3.05. The molecule has 0 bridgehead atoms. The first-order valence-electron chi connectivity index (χ1n) is 11.1. The monoisotopic (exact) mass is 466 g/mol. The molecule has 0 fully saturated rings. The topological polar surface area (TPSA) is 49.4 Å². The first-order chi connectivity index (χ1) is 16.3. The molecule has 0 unspecified atom stereocenters. The van der Waals surface area contributed by atoms with Gasteiger partial charge in [-0.2, -0.15) is 0 Å². The van der Waals surface area contributed by atoms with Crippen LogP contribution >= 0.6 is 11.6 Å². The van der Waals surface area contributed by atoms with Crippen LogP contribution in [0.1, 0.15) is 22.3 Å². The Morgan fingerprint density at radius 1 is 0.765 bits per heavy atom. The number of anilines is 2. The molecule has 2 amide bonds. The van der Waals surface area contributed by atoms with Crippen molar-refractivity contribution in [1.82, 2.24) is 0 Å². The van der Waals surface area contributed by atoms with Gasteiger partial charge in [-0.3, -0.25) is 9.59 Å². The Kier molecular flexibility index (Phi) is 5.46. The predicted octanol–water partition coefficient (Wildman–Crippen LogP) is 6.82. The van der Waals surface area contributed by atoms with Gasteiger partial charge < -0.3 is 5.32 Å². The standard InChI is InChI=1S/C29H23ClN2O2/c1-17-11-14-22(19(3)15-17)26-27(31-24-16-21(30)13-12-18(24)2)29(34)32(28(26)33)25-10-6-8-20-7-4-5-9-23(20)25/h4-16,31H,1-3H3. The average molecular weight is 467 g/mol. The number of hydrogen-bond donors (Lipinski definition) is 1. The summed E-state index contributed by atoms with van der Waals surface area (Å²) in [5, 5.41) is 5.60. The Hall–Kier alpha value is -3.89. The van der Waals surface area contributed by atoms with Gasteiger partial charge in [-0.1, -0.05) is 77.8 Å². The second-order valence-corrected chi connectivity index (χ2v) is 9.03. The number of halogens is 1. The predicted molar refractivity (Wildman–Crippen MR) is 139 cm³/mol. The van der Waals surface area contributed by atoms with Crippen LogP contribution in [0.2, 0.25) is 5.02 Å². The van der Waals surface area contributed by atoms with Gasteiger partial charge in [-0.05, 0) is 61.0 Å². The van der Waals surface area contributed by atoms with Crippen molar-refractivity contribution >= 4 is 51.1 Å². The number of carbonyl (C=O) groups is 2. The van der Waals surface area contributed by atoms with Gasteiger partial charge in [0.1, 0.15) is 5.70 Å². The van der Waals surface area contributed by atoms with E-state index in [0.717, 1.165) is 33.0 Å². The van der Waals surface area contributed by atoms with Gasteiger partial charge in [0.15, 0.2) is 0 Å². The van der Waals surface area contributed by atoms with E-state index in [1.807, 2.05) is 87.5 Å². The smallest absolute Gasteiger partial charge is 0.282 e. The van der Waals surface area contributed by atoms with Gasteiger partial charge in [0.05, 0.1) is 11.3 Å². The van der Waals surface area contributed by atoms with E-state index in [0.29, 0.717) is 22.0 Å². The van der Waals surface area contributed by atoms with Gasteiger partial charge in [0.25, 0.3) is 11.8 Å². The van der Waals surface area contributed by atoms with Crippen LogP contribution in [0.15, 0.2) is 84.6 Å². The Morgan fingerprint density at radius 2 is 1.53 bits per heavy atom. The van der Waals surface area contributed by atoms with Crippen molar-refractivity contribution in [3.05, 3.63) is 112 Å². The number of nitrogens with one attached hydrogen (secondary N) is 1. The van der Waals surface area contributed by atoms with Gasteiger partial charge in [0.2, 0.25) is 0 Å². The maximum atomic E-state index is 13.9. The Bertz CT molecular complexity index is 1510. The molecule has 4 aromatic rings. The molecule has 4 aromatic carbocycles. The zero-order valence-corrected chi connectivity index (χ0v) is 19.9. The van der Waals surface area contributed by atoms with Crippen LogP contribution in [0.5, 0.6) is 0 Å². The van der Waals surface area contributed by atoms with E-state index in [1.54, 1.807) is 12.1 Å². The van der Waals surface area contributed by atoms with Gasteiger partial charge in [0, 0.05) is 16.1 Å². The van der Waals surface area contributed by atoms with Crippen LogP contribution in [0, 0.1) is 20.8 Å². The molecule has 5 rings (SSSR count). The molecular weight excluding hydrogens is 444 g/mol. The zero-order chi connectivity index (χ0) is 24.0. The van der Waals surface area contributed by atoms with E-state index in [4.69, 9.17) is 11.6 Å². The normalized spacial score (nSPS) is 13.8. The Balaban J connectivity index is 1.71. The number of carbonyl (C=O) groups excluding carboxylic acids is 2. The minimum Gasteiger partial charge on any atom is -0.350 e. The van der Waals surface area contributed by atoms with Crippen molar-refractivity contribution in [3.63, 3.8) is 0 Å². The zero-order valence-electron chi connectivity index (χ0n) is 19.1. The third kappa shape index (κ3) is 3.66. The maximum absolute atomic E-state index is 13.9. The van der Waals surface area contributed by atoms with Crippen LogP contribution < -0.4 is 10.2 Å². The number of benzene rings is 4. The molecule has 168 valence electrons. The molecule has 0 radical (unpaired) electrons. The number of fused-ring (bicyclic) bond motifs is 1. The number of imide groups is 1. The molecule has 0 aliphatic carbocycles. The fourth-order valence-electron chi connectivity index (χ4n) is 4.48. The van der Waals surface area contributed by atoms with Crippen LogP contribution in [-0.4, -0.2) is 11.8 Å². The second kappa shape index (κ2) is 8.47. The van der Waals surface area contributed by atoms with Gasteiger partial charge in [-0.25, -0.2) is 4.90 Å². The number of aryl methyl sites for hydroxylation is 3. The quantitative estimate of drug-likeness (QED) is 0.336. The molecule has 0 saturated heterocycles. The van der Waals surface area contributed by atoms with Crippen molar-refractivity contribution in [2.45, 2.75) is 20.8 Å². The van der Waals surface area contributed by atoms with E-state index >= 15 is 0 Å². The molecule has 0 spiro atoms. The van der Waals surface area contributed by atoms with Gasteiger partial charge in [-0.15, -0.1) is 0 Å². The minimum atomic E-state index is -0.393. The largest absolute Gasteiger partial charge is 0.350 e. The highest BCUT2D eigenvalue weighted by Gasteiger charge is 2.41. The van der Waals surface area contributed by atoms with Crippen molar-refractivity contribution in [2.75, 3.05) is 10.2 Å². The summed E-state index contributed by atoms with van der Waals surface area (Å²) in [5.41, 5.74) is 5.52. The molecule has 1 N–H and O–H groups in total. The molecule has 0 aromatic heterocycles. The number of hydrogen-bond acceptors (Lipinski definition) is 3. The summed E-state index contributed by atoms with van der Waals surface area (Å²) in [6.07, 6.45) is 0. The summed E-state index contributed by atoms with van der Waals surface area (Å²) >= 11 is 6.23. The Morgan fingerprint density at radius 3 is 2.32 bits per heavy atom. The molecular formula is C29H23ClN2O2. The highest BCUT2D eigenvalue weighted by molar-refractivity contribution is 6.47. The third-order valence-electron chi connectivity index (χ3n) is 6.20. The molecule has 1 heterocycles. The summed E-state index contributed by atoms with van der Waals surface area (Å²) in [7, 11) is 0. The van der Waals surface area contributed by atoms with Crippen LogP contribution in [0.4, 0.5) is 11.4 Å². The summed E-state index contributed by atoms with van der Waals surface area (Å²) in [6, 6.07) is 24.7. The Labute approximate surface area is 203 Å². The van der Waals surface area contributed by atoms with Gasteiger partial charge >= 0.3 is 0 Å². The van der Waals surface area contributed by atoms with Crippen LogP contribution in [0.3, 0.4) is 0 Å². The summed E-state index contributed by atoms with van der Waals surface area (Å²) in [6.45, 7) is 5.89. The number of rotatable bonds is 4. The second-order valence-electron chi connectivity index (χ2n) is 8.60. The lowest BCUT2D eigenvalue weighted by Crippen LogP contribution is -2.32. The van der Waals surface area contributed by atoms with E-state index in [9.17, 15) is 9.59 Å². The van der Waals surface area contributed by atoms with Crippen molar-refractivity contribution < 1.29 is 9.59 Å². The molecule has 1 aliphatic heterocycles. The number of amides is 2. The lowest BCUT2D eigenvalue weighted by molar-refractivity contribution is -0.120. The molecule has 34 heavy (non-hydrogen) atoms.